The summed E-state index contributed by atoms with van der Waals surface area (Å²) in [6.45, 7) is 7.01. The predicted molar refractivity (Wildman–Crippen MR) is 104 cm³/mol. The van der Waals surface area contributed by atoms with Gasteiger partial charge in [0.2, 0.25) is 0 Å². The van der Waals surface area contributed by atoms with Crippen LogP contribution in [0.3, 0.4) is 0 Å². The van der Waals surface area contributed by atoms with E-state index in [4.69, 9.17) is 9.47 Å². The van der Waals surface area contributed by atoms with E-state index < -0.39 is 5.60 Å². The molecule has 5 nitrogen and oxygen atoms in total. The number of piperidine rings is 1. The van der Waals surface area contributed by atoms with Gasteiger partial charge < -0.3 is 14.8 Å². The van der Waals surface area contributed by atoms with Crippen LogP contribution in [0.15, 0.2) is 24.3 Å². The highest BCUT2D eigenvalue weighted by Gasteiger charge is 2.47. The summed E-state index contributed by atoms with van der Waals surface area (Å²) in [5, 5.41) is 2.97. The fourth-order valence-corrected chi connectivity index (χ4v) is 3.74. The second-order valence-corrected chi connectivity index (χ2v) is 7.79. The fourth-order valence-electron chi connectivity index (χ4n) is 3.74. The molecule has 1 heterocycles. The van der Waals surface area contributed by atoms with Gasteiger partial charge in [0.15, 0.2) is 0 Å². The van der Waals surface area contributed by atoms with Gasteiger partial charge in [-0.3, -0.25) is 9.69 Å². The molecular formula is C21H32N2O3. The monoisotopic (exact) mass is 360 g/mol. The van der Waals surface area contributed by atoms with Crippen molar-refractivity contribution in [3.63, 3.8) is 0 Å². The van der Waals surface area contributed by atoms with Crippen molar-refractivity contribution in [3.05, 3.63) is 24.3 Å². The van der Waals surface area contributed by atoms with Gasteiger partial charge in [-0.15, -0.1) is 0 Å². The Bertz CT molecular complexity index is 600. The van der Waals surface area contributed by atoms with Crippen LogP contribution in [-0.2, 0) is 9.53 Å². The molecule has 144 valence electrons. The maximum atomic E-state index is 12.5. The van der Waals surface area contributed by atoms with Gasteiger partial charge in [0.25, 0.3) is 5.91 Å². The third kappa shape index (κ3) is 4.57. The number of ether oxygens (including phenoxy) is 2. The quantitative estimate of drug-likeness (QED) is 0.768. The summed E-state index contributed by atoms with van der Waals surface area (Å²) in [6, 6.07) is 8.26. The molecule has 1 aliphatic heterocycles. The van der Waals surface area contributed by atoms with Gasteiger partial charge in [-0.25, -0.2) is 0 Å². The molecule has 0 radical (unpaired) electrons. The molecule has 3 rings (SSSR count). The summed E-state index contributed by atoms with van der Waals surface area (Å²) in [7, 11) is 1.61. The minimum atomic E-state index is -0.736. The summed E-state index contributed by atoms with van der Waals surface area (Å²) in [6.07, 6.45) is 6.03. The van der Waals surface area contributed by atoms with E-state index >= 15 is 0 Å². The Balaban J connectivity index is 1.46. The predicted octanol–water partition coefficient (Wildman–Crippen LogP) is 3.69. The molecule has 2 fully saturated rings. The van der Waals surface area contributed by atoms with Gasteiger partial charge in [0.1, 0.15) is 18.0 Å². The third-order valence-corrected chi connectivity index (χ3v) is 5.93. The van der Waals surface area contributed by atoms with Crippen molar-refractivity contribution >= 4 is 11.6 Å². The molecule has 0 spiro atoms. The molecule has 1 saturated heterocycles. The Hall–Kier alpha value is -1.59. The first-order chi connectivity index (χ1) is 12.5. The number of likely N-dealkylation sites (tertiary alicyclic amines) is 1. The smallest absolute Gasteiger partial charge is 0.256 e. The van der Waals surface area contributed by atoms with Crippen LogP contribution < -0.4 is 10.1 Å². The molecule has 1 aromatic rings. The zero-order valence-corrected chi connectivity index (χ0v) is 16.3. The van der Waals surface area contributed by atoms with Gasteiger partial charge in [-0.1, -0.05) is 6.42 Å². The van der Waals surface area contributed by atoms with E-state index in [1.165, 1.54) is 25.8 Å². The van der Waals surface area contributed by atoms with Crippen molar-refractivity contribution in [1.29, 1.82) is 0 Å². The Morgan fingerprint density at radius 3 is 2.58 bits per heavy atom. The van der Waals surface area contributed by atoms with E-state index in [1.54, 1.807) is 7.11 Å². The van der Waals surface area contributed by atoms with Gasteiger partial charge >= 0.3 is 0 Å². The number of amides is 1. The van der Waals surface area contributed by atoms with E-state index in [1.807, 2.05) is 31.2 Å². The Kier molecular flexibility index (Phi) is 6.20. The number of carbonyl (C=O) groups is 1. The first-order valence-corrected chi connectivity index (χ1v) is 9.86. The van der Waals surface area contributed by atoms with Crippen LogP contribution in [0.5, 0.6) is 5.75 Å². The van der Waals surface area contributed by atoms with Crippen molar-refractivity contribution in [2.75, 3.05) is 32.1 Å². The van der Waals surface area contributed by atoms with Gasteiger partial charge in [0, 0.05) is 25.4 Å². The largest absolute Gasteiger partial charge is 0.492 e. The first-order valence-electron chi connectivity index (χ1n) is 9.86. The topological polar surface area (TPSA) is 50.8 Å². The SMILES string of the molecule is COC(C)(C(=O)Nc1ccc(OCCN2CCCCC2C)cc1)C1CC1. The molecule has 2 unspecified atom stereocenters. The van der Waals surface area contributed by atoms with Crippen LogP contribution >= 0.6 is 0 Å². The van der Waals surface area contributed by atoms with Gasteiger partial charge in [0.05, 0.1) is 0 Å². The van der Waals surface area contributed by atoms with Gasteiger partial charge in [-0.05, 0) is 76.3 Å². The number of nitrogens with one attached hydrogen (secondary N) is 1. The zero-order chi connectivity index (χ0) is 18.6. The molecule has 1 amide bonds. The number of nitrogens with zero attached hydrogens (tertiary/aromatic N) is 1. The molecule has 1 aromatic carbocycles. The average molecular weight is 360 g/mol. The number of methoxy groups -OCH3 is 1. The normalized spacial score (nSPS) is 23.3. The number of hydrogen-bond acceptors (Lipinski definition) is 4. The van der Waals surface area contributed by atoms with Crippen molar-refractivity contribution in [1.82, 2.24) is 4.90 Å². The Morgan fingerprint density at radius 2 is 1.96 bits per heavy atom. The molecule has 0 aromatic heterocycles. The highest BCUT2D eigenvalue weighted by molar-refractivity contribution is 5.97. The second kappa shape index (κ2) is 8.40. The maximum absolute atomic E-state index is 12.5. The average Bonchev–Trinajstić information content (AvgIpc) is 3.49. The van der Waals surface area contributed by atoms with Crippen LogP contribution in [0.4, 0.5) is 5.69 Å². The van der Waals surface area contributed by atoms with Crippen molar-refractivity contribution in [3.8, 4) is 5.75 Å². The lowest BCUT2D eigenvalue weighted by molar-refractivity contribution is -0.138. The Labute approximate surface area is 157 Å². The lowest BCUT2D eigenvalue weighted by Crippen LogP contribution is -2.44. The molecule has 2 atom stereocenters. The third-order valence-electron chi connectivity index (χ3n) is 5.93. The van der Waals surface area contributed by atoms with Crippen molar-refractivity contribution in [2.24, 2.45) is 5.92 Å². The summed E-state index contributed by atoms with van der Waals surface area (Å²) < 4.78 is 11.4. The molecule has 1 saturated carbocycles. The van der Waals surface area contributed by atoms with Crippen LogP contribution in [0.2, 0.25) is 0 Å². The molecule has 5 heteroatoms. The lowest BCUT2D eigenvalue weighted by atomic mass is 9.99. The summed E-state index contributed by atoms with van der Waals surface area (Å²) in [5.74, 6) is 1.09. The van der Waals surface area contributed by atoms with E-state index in [0.717, 1.165) is 30.8 Å². The number of hydrogen-bond donors (Lipinski definition) is 1. The summed E-state index contributed by atoms with van der Waals surface area (Å²) >= 11 is 0. The number of rotatable bonds is 8. The molecule has 1 aliphatic carbocycles. The van der Waals surface area contributed by atoms with Crippen LogP contribution in [0.1, 0.15) is 46.0 Å². The minimum absolute atomic E-state index is 0.0738. The molecule has 0 bridgehead atoms. The summed E-state index contributed by atoms with van der Waals surface area (Å²) in [4.78, 5) is 15.0. The molecular weight excluding hydrogens is 328 g/mol. The van der Waals surface area contributed by atoms with Gasteiger partial charge in [-0.2, -0.15) is 0 Å². The number of anilines is 1. The van der Waals surface area contributed by atoms with E-state index in [0.29, 0.717) is 18.6 Å². The van der Waals surface area contributed by atoms with Crippen LogP contribution in [0, 0.1) is 5.92 Å². The van der Waals surface area contributed by atoms with Crippen LogP contribution in [-0.4, -0.2) is 49.3 Å². The number of carbonyl (C=O) groups excluding carboxylic acids is 1. The first kappa shape index (κ1) is 19.2. The van der Waals surface area contributed by atoms with E-state index in [-0.39, 0.29) is 5.91 Å². The van der Waals surface area contributed by atoms with Crippen molar-refractivity contribution < 1.29 is 14.3 Å². The number of benzene rings is 1. The van der Waals surface area contributed by atoms with E-state index in [2.05, 4.69) is 17.1 Å². The van der Waals surface area contributed by atoms with Crippen molar-refractivity contribution in [2.45, 2.75) is 57.6 Å². The maximum Gasteiger partial charge on any atom is 0.256 e. The lowest BCUT2D eigenvalue weighted by Gasteiger charge is -2.33. The van der Waals surface area contributed by atoms with Crippen LogP contribution in [0.25, 0.3) is 0 Å². The second-order valence-electron chi connectivity index (χ2n) is 7.79. The highest BCUT2D eigenvalue weighted by Crippen LogP contribution is 2.42. The Morgan fingerprint density at radius 1 is 1.23 bits per heavy atom. The highest BCUT2D eigenvalue weighted by atomic mass is 16.5. The fraction of sp³-hybridized carbons (Fsp3) is 0.667. The minimum Gasteiger partial charge on any atom is -0.492 e. The van der Waals surface area contributed by atoms with E-state index in [9.17, 15) is 4.79 Å². The molecule has 26 heavy (non-hydrogen) atoms. The molecule has 1 N–H and O–H groups in total. The standard InChI is InChI=1S/C21H32N2O3/c1-16-6-4-5-13-23(16)14-15-26-19-11-9-18(10-12-19)22-20(24)21(2,25-3)17-7-8-17/h9-12,16-17H,4-8,13-15H2,1-3H3,(H,22,24). The molecule has 2 aliphatic rings. The summed E-state index contributed by atoms with van der Waals surface area (Å²) in [5.41, 5.74) is 0.0382. The zero-order valence-electron chi connectivity index (χ0n) is 16.3.